The molecule has 0 bridgehead atoms. The van der Waals surface area contributed by atoms with Crippen LogP contribution in [0, 0.1) is 0 Å². The first-order valence-electron chi connectivity index (χ1n) is 9.39. The van der Waals surface area contributed by atoms with Crippen molar-refractivity contribution < 1.29 is 9.47 Å². The molecule has 5 heteroatoms. The summed E-state index contributed by atoms with van der Waals surface area (Å²) in [4.78, 5) is 10.8. The van der Waals surface area contributed by atoms with Crippen molar-refractivity contribution in [2.75, 3.05) is 19.9 Å². The number of nitrogens with one attached hydrogen (secondary N) is 1. The van der Waals surface area contributed by atoms with Gasteiger partial charge < -0.3 is 19.4 Å². The molecule has 5 nitrogen and oxygen atoms in total. The largest absolute Gasteiger partial charge is 0.454 e. The summed E-state index contributed by atoms with van der Waals surface area (Å²) < 4.78 is 10.9. The maximum absolute atomic E-state index is 5.49. The second-order valence-corrected chi connectivity index (χ2v) is 7.26. The van der Waals surface area contributed by atoms with Crippen LogP contribution in [0.1, 0.15) is 25.6 Å². The molecule has 1 aromatic heterocycles. The minimum Gasteiger partial charge on any atom is -0.454 e. The molecule has 5 rings (SSSR count). The number of imidazole rings is 1. The fourth-order valence-corrected chi connectivity index (χ4v) is 4.01. The lowest BCUT2D eigenvalue weighted by molar-refractivity contribution is 0.174. The summed E-state index contributed by atoms with van der Waals surface area (Å²) in [6, 6.07) is 13.2. The predicted molar refractivity (Wildman–Crippen MR) is 102 cm³/mol. The minimum absolute atomic E-state index is 0.303. The highest BCUT2D eigenvalue weighted by molar-refractivity contribution is 5.82. The summed E-state index contributed by atoms with van der Waals surface area (Å²) in [5.74, 6) is 2.70. The third-order valence-corrected chi connectivity index (χ3v) is 5.56. The van der Waals surface area contributed by atoms with Crippen LogP contribution in [0.4, 0.5) is 0 Å². The zero-order valence-electron chi connectivity index (χ0n) is 15.0. The third-order valence-electron chi connectivity index (χ3n) is 5.56. The van der Waals surface area contributed by atoms with Crippen LogP contribution in [-0.2, 0) is 6.42 Å². The van der Waals surface area contributed by atoms with Gasteiger partial charge in [0.05, 0.1) is 11.0 Å². The van der Waals surface area contributed by atoms with Crippen LogP contribution in [0.5, 0.6) is 11.5 Å². The van der Waals surface area contributed by atoms with E-state index in [1.165, 1.54) is 19.4 Å². The van der Waals surface area contributed by atoms with Gasteiger partial charge in [-0.15, -0.1) is 0 Å². The standard InChI is InChI=1S/C21H23N3O2/c1-14-3-2-9-24(14)10-8-21-22-17-6-4-15(11-18(17)23-21)16-5-7-19-20(12-16)26-13-25-19/h4-7,11-12,14H,2-3,8-10,13H2,1H3,(H,22,23). The fraction of sp³-hybridized carbons (Fsp3) is 0.381. The quantitative estimate of drug-likeness (QED) is 0.774. The molecule has 2 aliphatic heterocycles. The van der Waals surface area contributed by atoms with Gasteiger partial charge in [-0.1, -0.05) is 12.1 Å². The van der Waals surface area contributed by atoms with Crippen molar-refractivity contribution in [2.24, 2.45) is 0 Å². The lowest BCUT2D eigenvalue weighted by atomic mass is 10.0. The fourth-order valence-electron chi connectivity index (χ4n) is 4.01. The van der Waals surface area contributed by atoms with Gasteiger partial charge in [0.1, 0.15) is 5.82 Å². The molecule has 0 radical (unpaired) electrons. The number of likely N-dealkylation sites (tertiary alicyclic amines) is 1. The summed E-state index contributed by atoms with van der Waals surface area (Å²) in [6.07, 6.45) is 3.61. The van der Waals surface area contributed by atoms with Gasteiger partial charge in [0.25, 0.3) is 0 Å². The Morgan fingerprint density at radius 3 is 2.85 bits per heavy atom. The predicted octanol–water partition coefficient (Wildman–Crippen LogP) is 3.99. The minimum atomic E-state index is 0.303. The summed E-state index contributed by atoms with van der Waals surface area (Å²) in [5.41, 5.74) is 4.39. The lowest BCUT2D eigenvalue weighted by Crippen LogP contribution is -2.29. The number of hydrogen-bond acceptors (Lipinski definition) is 4. The number of aromatic amines is 1. The summed E-state index contributed by atoms with van der Waals surface area (Å²) in [5, 5.41) is 0. The first-order valence-corrected chi connectivity index (χ1v) is 9.39. The van der Waals surface area contributed by atoms with Gasteiger partial charge >= 0.3 is 0 Å². The van der Waals surface area contributed by atoms with Crippen molar-refractivity contribution in [1.29, 1.82) is 0 Å². The molecule has 1 atom stereocenters. The number of aromatic nitrogens is 2. The summed E-state index contributed by atoms with van der Waals surface area (Å²) in [7, 11) is 0. The Morgan fingerprint density at radius 2 is 1.96 bits per heavy atom. The number of H-pyrrole nitrogens is 1. The Morgan fingerprint density at radius 1 is 1.12 bits per heavy atom. The molecule has 2 aromatic carbocycles. The van der Waals surface area contributed by atoms with Gasteiger partial charge in [-0.25, -0.2) is 4.98 Å². The Hall–Kier alpha value is -2.53. The number of nitrogens with zero attached hydrogens (tertiary/aromatic N) is 2. The maximum atomic E-state index is 5.49. The van der Waals surface area contributed by atoms with E-state index < -0.39 is 0 Å². The van der Waals surface area contributed by atoms with E-state index in [1.807, 2.05) is 12.1 Å². The van der Waals surface area contributed by atoms with Gasteiger partial charge in [0.15, 0.2) is 11.5 Å². The smallest absolute Gasteiger partial charge is 0.231 e. The van der Waals surface area contributed by atoms with Crippen molar-refractivity contribution >= 4 is 11.0 Å². The molecule has 3 aromatic rings. The van der Waals surface area contributed by atoms with Crippen molar-refractivity contribution in [3.8, 4) is 22.6 Å². The van der Waals surface area contributed by atoms with Crippen LogP contribution in [-0.4, -0.2) is 40.8 Å². The molecule has 1 saturated heterocycles. The highest BCUT2D eigenvalue weighted by atomic mass is 16.7. The average Bonchev–Trinajstić information content (AvgIpc) is 3.37. The van der Waals surface area contributed by atoms with E-state index in [1.54, 1.807) is 0 Å². The van der Waals surface area contributed by atoms with E-state index in [0.29, 0.717) is 12.8 Å². The second kappa shape index (κ2) is 6.32. The Labute approximate surface area is 152 Å². The summed E-state index contributed by atoms with van der Waals surface area (Å²) >= 11 is 0. The molecule has 1 fully saturated rings. The van der Waals surface area contributed by atoms with Gasteiger partial charge in [-0.05, 0) is 61.7 Å². The van der Waals surface area contributed by atoms with Gasteiger partial charge in [0.2, 0.25) is 6.79 Å². The zero-order valence-corrected chi connectivity index (χ0v) is 15.0. The molecular weight excluding hydrogens is 326 g/mol. The van der Waals surface area contributed by atoms with Crippen molar-refractivity contribution in [1.82, 2.24) is 14.9 Å². The summed E-state index contributed by atoms with van der Waals surface area (Å²) in [6.45, 7) is 4.92. The number of fused-ring (bicyclic) bond motifs is 2. The van der Waals surface area contributed by atoms with Crippen molar-refractivity contribution in [3.63, 3.8) is 0 Å². The first kappa shape index (κ1) is 15.7. The first-order chi connectivity index (χ1) is 12.8. The third kappa shape index (κ3) is 2.82. The van der Waals surface area contributed by atoms with Crippen LogP contribution in [0.3, 0.4) is 0 Å². The molecule has 26 heavy (non-hydrogen) atoms. The van der Waals surface area contributed by atoms with Crippen LogP contribution < -0.4 is 9.47 Å². The normalized spacial score (nSPS) is 19.5. The van der Waals surface area contributed by atoms with Crippen LogP contribution in [0.15, 0.2) is 36.4 Å². The lowest BCUT2D eigenvalue weighted by Gasteiger charge is -2.19. The highest BCUT2D eigenvalue weighted by Crippen LogP contribution is 2.36. The molecule has 0 amide bonds. The van der Waals surface area contributed by atoms with Crippen LogP contribution in [0.25, 0.3) is 22.2 Å². The highest BCUT2D eigenvalue weighted by Gasteiger charge is 2.20. The molecule has 0 spiro atoms. The number of rotatable bonds is 4. The Kier molecular flexibility index (Phi) is 3.82. The van der Waals surface area contributed by atoms with Gasteiger partial charge in [0, 0.05) is 19.0 Å². The topological polar surface area (TPSA) is 50.4 Å². The van der Waals surface area contributed by atoms with E-state index in [2.05, 4.69) is 41.1 Å². The van der Waals surface area contributed by atoms with Crippen molar-refractivity contribution in [2.45, 2.75) is 32.2 Å². The monoisotopic (exact) mass is 349 g/mol. The Balaban J connectivity index is 1.38. The van der Waals surface area contributed by atoms with E-state index >= 15 is 0 Å². The van der Waals surface area contributed by atoms with E-state index in [0.717, 1.165) is 52.4 Å². The van der Waals surface area contributed by atoms with Crippen LogP contribution in [0.2, 0.25) is 0 Å². The van der Waals surface area contributed by atoms with E-state index in [4.69, 9.17) is 14.5 Å². The molecule has 1 unspecified atom stereocenters. The van der Waals surface area contributed by atoms with Gasteiger partial charge in [-0.2, -0.15) is 0 Å². The number of ether oxygens (including phenoxy) is 2. The average molecular weight is 349 g/mol. The molecule has 0 saturated carbocycles. The maximum Gasteiger partial charge on any atom is 0.231 e. The molecule has 134 valence electrons. The SMILES string of the molecule is CC1CCCN1CCc1nc2ccc(-c3ccc4c(c3)OCO4)cc2[nH]1. The van der Waals surface area contributed by atoms with Gasteiger partial charge in [-0.3, -0.25) is 0 Å². The number of benzene rings is 2. The zero-order chi connectivity index (χ0) is 17.5. The molecule has 1 N–H and O–H groups in total. The van der Waals surface area contributed by atoms with Crippen LogP contribution >= 0.6 is 0 Å². The second-order valence-electron chi connectivity index (χ2n) is 7.26. The molecule has 2 aliphatic rings. The Bertz CT molecular complexity index is 950. The molecular formula is C21H23N3O2. The number of hydrogen-bond donors (Lipinski definition) is 1. The van der Waals surface area contributed by atoms with Crippen molar-refractivity contribution in [3.05, 3.63) is 42.2 Å². The molecule has 0 aliphatic carbocycles. The van der Waals surface area contributed by atoms with E-state index in [9.17, 15) is 0 Å². The van der Waals surface area contributed by atoms with E-state index in [-0.39, 0.29) is 0 Å². The molecule has 3 heterocycles.